The Hall–Kier alpha value is -1.21. The first-order chi connectivity index (χ1) is 6.68. The van der Waals surface area contributed by atoms with Crippen LogP contribution < -0.4 is 10.2 Å². The van der Waals surface area contributed by atoms with E-state index < -0.39 is 4.92 Å². The molecule has 0 radical (unpaired) electrons. The summed E-state index contributed by atoms with van der Waals surface area (Å²) in [4.78, 5) is 16.0. The lowest BCUT2D eigenvalue weighted by atomic mass is 10.2. The Morgan fingerprint density at radius 1 is 1.79 bits per heavy atom. The van der Waals surface area contributed by atoms with Gasteiger partial charge in [-0.25, -0.2) is 4.98 Å². The van der Waals surface area contributed by atoms with Gasteiger partial charge < -0.3 is 10.2 Å². The number of likely N-dealkylation sites (N-methyl/N-ethyl adjacent to an activating group) is 1. The Morgan fingerprint density at radius 3 is 2.93 bits per heavy atom. The van der Waals surface area contributed by atoms with Gasteiger partial charge >= 0.3 is 5.00 Å². The fraction of sp³-hybridized carbons (Fsp3) is 0.571. The van der Waals surface area contributed by atoms with E-state index in [4.69, 9.17) is 0 Å². The lowest BCUT2D eigenvalue weighted by molar-refractivity contribution is -0.380. The Morgan fingerprint density at radius 2 is 2.50 bits per heavy atom. The highest BCUT2D eigenvalue weighted by atomic mass is 32.1. The molecular formula is C7H10N4O2S. The van der Waals surface area contributed by atoms with Crippen LogP contribution in [0.4, 0.5) is 10.1 Å². The molecule has 0 unspecified atom stereocenters. The molecule has 76 valence electrons. The van der Waals surface area contributed by atoms with Crippen molar-refractivity contribution in [3.63, 3.8) is 0 Å². The summed E-state index contributed by atoms with van der Waals surface area (Å²) < 4.78 is 0. The maximum absolute atomic E-state index is 10.4. The zero-order valence-electron chi connectivity index (χ0n) is 7.64. The Balaban J connectivity index is 2.11. The lowest BCUT2D eigenvalue weighted by Gasteiger charge is -2.35. The molecule has 0 amide bonds. The maximum Gasteiger partial charge on any atom is 0.345 e. The minimum absolute atomic E-state index is 0.0964. The standard InChI is InChI=1S/C7H10N4O2S/c1-10(5-2-8-3-5)7-9-4-6(14-7)11(12)13/h4-5,8H,2-3H2,1H3. The third kappa shape index (κ3) is 1.55. The normalized spacial score (nSPS) is 16.4. The molecule has 7 heteroatoms. The van der Waals surface area contributed by atoms with Crippen molar-refractivity contribution in [2.75, 3.05) is 25.0 Å². The minimum atomic E-state index is -0.409. The molecule has 1 N–H and O–H groups in total. The number of hydrogen-bond donors (Lipinski definition) is 1. The van der Waals surface area contributed by atoms with Gasteiger partial charge in [0.05, 0.1) is 11.0 Å². The van der Waals surface area contributed by atoms with Crippen molar-refractivity contribution in [2.24, 2.45) is 0 Å². The van der Waals surface area contributed by atoms with Gasteiger partial charge in [-0.05, 0) is 11.3 Å². The van der Waals surface area contributed by atoms with Crippen molar-refractivity contribution in [1.29, 1.82) is 0 Å². The highest BCUT2D eigenvalue weighted by Gasteiger charge is 2.25. The van der Waals surface area contributed by atoms with E-state index in [1.165, 1.54) is 6.20 Å². The van der Waals surface area contributed by atoms with Crippen molar-refractivity contribution < 1.29 is 4.92 Å². The predicted molar refractivity (Wildman–Crippen MR) is 53.8 cm³/mol. The zero-order valence-corrected chi connectivity index (χ0v) is 8.45. The van der Waals surface area contributed by atoms with E-state index in [9.17, 15) is 10.1 Å². The van der Waals surface area contributed by atoms with Crippen molar-refractivity contribution in [3.8, 4) is 0 Å². The van der Waals surface area contributed by atoms with Gasteiger partial charge in [-0.15, -0.1) is 0 Å². The largest absolute Gasteiger partial charge is 0.345 e. The van der Waals surface area contributed by atoms with Gasteiger partial charge in [0.2, 0.25) is 0 Å². The highest BCUT2D eigenvalue weighted by molar-refractivity contribution is 7.18. The van der Waals surface area contributed by atoms with E-state index in [1.54, 1.807) is 0 Å². The van der Waals surface area contributed by atoms with Crippen LogP contribution in [-0.4, -0.2) is 36.1 Å². The van der Waals surface area contributed by atoms with Gasteiger partial charge in [-0.2, -0.15) is 0 Å². The predicted octanol–water partition coefficient (Wildman–Crippen LogP) is 0.459. The average molecular weight is 214 g/mol. The Bertz CT molecular complexity index is 349. The molecule has 2 rings (SSSR count). The highest BCUT2D eigenvalue weighted by Crippen LogP contribution is 2.28. The molecule has 0 aromatic carbocycles. The smallest absolute Gasteiger partial charge is 0.345 e. The van der Waals surface area contributed by atoms with Crippen molar-refractivity contribution in [2.45, 2.75) is 6.04 Å². The van der Waals surface area contributed by atoms with Gasteiger partial charge in [0, 0.05) is 20.1 Å². The first kappa shape index (κ1) is 9.35. The van der Waals surface area contributed by atoms with E-state index in [2.05, 4.69) is 10.3 Å². The molecule has 2 heterocycles. The number of nitrogens with one attached hydrogen (secondary N) is 1. The van der Waals surface area contributed by atoms with E-state index >= 15 is 0 Å². The molecule has 1 saturated heterocycles. The second-order valence-corrected chi connectivity index (χ2v) is 4.15. The Kier molecular flexibility index (Phi) is 2.34. The van der Waals surface area contributed by atoms with Gasteiger partial charge in [0.1, 0.15) is 6.20 Å². The van der Waals surface area contributed by atoms with Crippen LogP contribution in [0.3, 0.4) is 0 Å². The summed E-state index contributed by atoms with van der Waals surface area (Å²) in [5.41, 5.74) is 0. The molecule has 0 aliphatic carbocycles. The fourth-order valence-electron chi connectivity index (χ4n) is 1.21. The molecule has 14 heavy (non-hydrogen) atoms. The SMILES string of the molecule is CN(c1ncc([N+](=O)[O-])s1)C1CNC1. The summed E-state index contributed by atoms with van der Waals surface area (Å²) in [7, 11) is 1.91. The van der Waals surface area contributed by atoms with Crippen LogP contribution in [0.15, 0.2) is 6.20 Å². The molecule has 1 aromatic heterocycles. The van der Waals surface area contributed by atoms with Crippen molar-refractivity contribution >= 4 is 21.5 Å². The number of thiazole rings is 1. The molecule has 1 aliphatic rings. The van der Waals surface area contributed by atoms with E-state index in [0.29, 0.717) is 11.2 Å². The summed E-state index contributed by atoms with van der Waals surface area (Å²) in [5.74, 6) is 0. The number of hydrogen-bond acceptors (Lipinski definition) is 6. The van der Waals surface area contributed by atoms with Gasteiger partial charge in [-0.1, -0.05) is 0 Å². The minimum Gasteiger partial charge on any atom is -0.345 e. The Labute approximate surface area is 84.7 Å². The number of aromatic nitrogens is 1. The van der Waals surface area contributed by atoms with Gasteiger partial charge in [0.25, 0.3) is 0 Å². The van der Waals surface area contributed by atoms with Crippen LogP contribution >= 0.6 is 11.3 Å². The number of nitro groups is 1. The fourth-order valence-corrected chi connectivity index (χ4v) is 1.97. The van der Waals surface area contributed by atoms with Crippen LogP contribution in [-0.2, 0) is 0 Å². The molecule has 1 fully saturated rings. The second-order valence-electron chi connectivity index (χ2n) is 3.16. The van der Waals surface area contributed by atoms with Crippen LogP contribution in [0.5, 0.6) is 0 Å². The summed E-state index contributed by atoms with van der Waals surface area (Å²) in [5, 5.41) is 14.4. The lowest BCUT2D eigenvalue weighted by Crippen LogP contribution is -2.56. The van der Waals surface area contributed by atoms with E-state index in [-0.39, 0.29) is 5.00 Å². The van der Waals surface area contributed by atoms with Crippen molar-refractivity contribution in [1.82, 2.24) is 10.3 Å². The molecular weight excluding hydrogens is 204 g/mol. The average Bonchev–Trinajstić information content (AvgIpc) is 2.48. The monoisotopic (exact) mass is 214 g/mol. The second kappa shape index (κ2) is 3.50. The van der Waals surface area contributed by atoms with Crippen LogP contribution in [0, 0.1) is 10.1 Å². The molecule has 1 aliphatic heterocycles. The van der Waals surface area contributed by atoms with Crippen LogP contribution in [0.2, 0.25) is 0 Å². The van der Waals surface area contributed by atoms with E-state index in [1.807, 2.05) is 11.9 Å². The van der Waals surface area contributed by atoms with Crippen molar-refractivity contribution in [3.05, 3.63) is 16.3 Å². The zero-order chi connectivity index (χ0) is 10.1. The molecule has 1 aromatic rings. The molecule has 0 spiro atoms. The number of rotatable bonds is 3. The van der Waals surface area contributed by atoms with E-state index in [0.717, 1.165) is 24.4 Å². The van der Waals surface area contributed by atoms with Crippen LogP contribution in [0.1, 0.15) is 0 Å². The van der Waals surface area contributed by atoms with Gasteiger partial charge in [-0.3, -0.25) is 10.1 Å². The molecule has 0 bridgehead atoms. The topological polar surface area (TPSA) is 71.3 Å². The molecule has 0 saturated carbocycles. The number of anilines is 1. The summed E-state index contributed by atoms with van der Waals surface area (Å²) in [6.07, 6.45) is 1.31. The molecule has 6 nitrogen and oxygen atoms in total. The summed E-state index contributed by atoms with van der Waals surface area (Å²) >= 11 is 1.11. The third-order valence-corrected chi connectivity index (χ3v) is 3.31. The first-order valence-electron chi connectivity index (χ1n) is 4.22. The third-order valence-electron chi connectivity index (χ3n) is 2.27. The summed E-state index contributed by atoms with van der Waals surface area (Å²) in [6.45, 7) is 1.84. The number of nitrogens with zero attached hydrogens (tertiary/aromatic N) is 3. The first-order valence-corrected chi connectivity index (χ1v) is 5.04. The van der Waals surface area contributed by atoms with Crippen LogP contribution in [0.25, 0.3) is 0 Å². The van der Waals surface area contributed by atoms with Gasteiger partial charge in [0.15, 0.2) is 5.13 Å². The summed E-state index contributed by atoms with van der Waals surface area (Å²) in [6, 6.07) is 0.417. The molecule has 0 atom stereocenters. The maximum atomic E-state index is 10.4. The quantitative estimate of drug-likeness (QED) is 0.584.